The van der Waals surface area contributed by atoms with Gasteiger partial charge in [-0.25, -0.2) is 4.79 Å². The van der Waals surface area contributed by atoms with Crippen LogP contribution in [-0.2, 0) is 10.2 Å². The minimum absolute atomic E-state index is 0.0686. The van der Waals surface area contributed by atoms with Gasteiger partial charge in [0.05, 0.1) is 0 Å². The summed E-state index contributed by atoms with van der Waals surface area (Å²) in [5.74, 6) is -0.888. The van der Waals surface area contributed by atoms with Crippen molar-refractivity contribution in [2.45, 2.75) is 32.3 Å². The Hall–Kier alpha value is -3.97. The predicted octanol–water partition coefficient (Wildman–Crippen LogP) is 4.67. The Balaban J connectivity index is 1.47. The van der Waals surface area contributed by atoms with Crippen LogP contribution in [0.25, 0.3) is 22.5 Å². The lowest BCUT2D eigenvalue weighted by Gasteiger charge is -2.19. The molecular formula is C26H25N3O4. The Morgan fingerprint density at radius 3 is 2.24 bits per heavy atom. The summed E-state index contributed by atoms with van der Waals surface area (Å²) in [5.41, 5.74) is 4.88. The lowest BCUT2D eigenvalue weighted by atomic mass is 9.86. The normalized spacial score (nSPS) is 12.4. The zero-order valence-corrected chi connectivity index (χ0v) is 18.6. The first-order chi connectivity index (χ1) is 15.7. The third kappa shape index (κ3) is 5.10. The molecule has 0 aliphatic rings. The molecule has 0 spiro atoms. The van der Waals surface area contributed by atoms with Crippen LogP contribution in [-0.4, -0.2) is 21.2 Å². The quantitative estimate of drug-likeness (QED) is 0.416. The van der Waals surface area contributed by atoms with Crippen LogP contribution in [0.4, 0.5) is 5.69 Å². The first-order valence-corrected chi connectivity index (χ1v) is 10.6. The van der Waals surface area contributed by atoms with E-state index < -0.39 is 17.8 Å². The second kappa shape index (κ2) is 8.88. The standard InChI is InChI=1S/C26H25N3O4/c1-26(2,3)20-11-7-16(8-12-20)18-5-4-6-19(15-18)22(30)24(31)27-21-13-9-17(10-14-21)23-28-25(32)33-29-23/h4-15,22,30H,1-3H3,(H,27,31)(H,28,29,32). The average molecular weight is 444 g/mol. The number of benzene rings is 3. The molecule has 0 bridgehead atoms. The molecule has 3 aromatic carbocycles. The van der Waals surface area contributed by atoms with Crippen molar-refractivity contribution in [2.75, 3.05) is 5.32 Å². The molecule has 0 saturated carbocycles. The minimum atomic E-state index is -1.33. The van der Waals surface area contributed by atoms with Gasteiger partial charge in [0, 0.05) is 11.3 Å². The number of hydrogen-bond acceptors (Lipinski definition) is 5. The number of anilines is 1. The van der Waals surface area contributed by atoms with E-state index in [0.29, 0.717) is 22.6 Å². The van der Waals surface area contributed by atoms with E-state index in [1.807, 2.05) is 18.2 Å². The number of nitrogens with one attached hydrogen (secondary N) is 2. The van der Waals surface area contributed by atoms with E-state index >= 15 is 0 Å². The number of aliphatic hydroxyl groups is 1. The van der Waals surface area contributed by atoms with Crippen LogP contribution in [0.2, 0.25) is 0 Å². The van der Waals surface area contributed by atoms with E-state index in [-0.39, 0.29) is 5.41 Å². The maximum Gasteiger partial charge on any atom is 0.439 e. The van der Waals surface area contributed by atoms with Gasteiger partial charge in [-0.1, -0.05) is 68.4 Å². The van der Waals surface area contributed by atoms with E-state index in [2.05, 4.69) is 65.0 Å². The molecule has 1 amide bonds. The summed E-state index contributed by atoms with van der Waals surface area (Å²) in [6, 6.07) is 22.3. The summed E-state index contributed by atoms with van der Waals surface area (Å²) in [6.07, 6.45) is -1.33. The Morgan fingerprint density at radius 2 is 1.64 bits per heavy atom. The number of aromatic amines is 1. The van der Waals surface area contributed by atoms with Crippen molar-refractivity contribution in [1.29, 1.82) is 0 Å². The highest BCUT2D eigenvalue weighted by molar-refractivity contribution is 5.95. The highest BCUT2D eigenvalue weighted by atomic mass is 16.5. The van der Waals surface area contributed by atoms with Gasteiger partial charge in [-0.15, -0.1) is 0 Å². The summed E-state index contributed by atoms with van der Waals surface area (Å²) in [4.78, 5) is 26.2. The van der Waals surface area contributed by atoms with Gasteiger partial charge in [0.15, 0.2) is 11.9 Å². The summed E-state index contributed by atoms with van der Waals surface area (Å²) < 4.78 is 4.49. The first-order valence-electron chi connectivity index (χ1n) is 10.6. The monoisotopic (exact) mass is 443 g/mol. The first kappa shape index (κ1) is 22.2. The largest absolute Gasteiger partial charge is 0.439 e. The molecule has 1 aromatic heterocycles. The highest BCUT2D eigenvalue weighted by Gasteiger charge is 2.19. The number of amides is 1. The fourth-order valence-corrected chi connectivity index (χ4v) is 3.48. The summed E-state index contributed by atoms with van der Waals surface area (Å²) in [5, 5.41) is 17.0. The number of rotatable bonds is 5. The van der Waals surface area contributed by atoms with Crippen molar-refractivity contribution in [2.24, 2.45) is 0 Å². The fourth-order valence-electron chi connectivity index (χ4n) is 3.48. The third-order valence-corrected chi connectivity index (χ3v) is 5.40. The molecule has 168 valence electrons. The molecule has 7 heteroatoms. The highest BCUT2D eigenvalue weighted by Crippen LogP contribution is 2.28. The van der Waals surface area contributed by atoms with E-state index in [4.69, 9.17) is 0 Å². The molecule has 3 N–H and O–H groups in total. The van der Waals surface area contributed by atoms with Gasteiger partial charge in [-0.2, -0.15) is 0 Å². The number of aromatic nitrogens is 2. The Labute approximate surface area is 191 Å². The zero-order chi connectivity index (χ0) is 23.6. The number of carbonyl (C=O) groups is 1. The molecule has 1 unspecified atom stereocenters. The number of hydrogen-bond donors (Lipinski definition) is 3. The van der Waals surface area contributed by atoms with Crippen molar-refractivity contribution in [3.8, 4) is 22.5 Å². The topological polar surface area (TPSA) is 108 Å². The van der Waals surface area contributed by atoms with Crippen LogP contribution < -0.4 is 11.1 Å². The van der Waals surface area contributed by atoms with Crippen LogP contribution in [0.1, 0.15) is 38.0 Å². The van der Waals surface area contributed by atoms with Gasteiger partial charge in [-0.05, 0) is 58.0 Å². The molecule has 0 fully saturated rings. The maximum absolute atomic E-state index is 12.6. The lowest BCUT2D eigenvalue weighted by molar-refractivity contribution is -0.124. The number of aliphatic hydroxyl groups excluding tert-OH is 1. The van der Waals surface area contributed by atoms with Crippen molar-refractivity contribution >= 4 is 11.6 Å². The van der Waals surface area contributed by atoms with E-state index in [1.54, 1.807) is 30.3 Å². The van der Waals surface area contributed by atoms with Crippen LogP contribution in [0.5, 0.6) is 0 Å². The second-order valence-electron chi connectivity index (χ2n) is 8.87. The van der Waals surface area contributed by atoms with E-state index in [0.717, 1.165) is 11.1 Å². The Bertz CT molecular complexity index is 1310. The maximum atomic E-state index is 12.6. The molecule has 7 nitrogen and oxygen atoms in total. The van der Waals surface area contributed by atoms with Crippen molar-refractivity contribution < 1.29 is 14.4 Å². The SMILES string of the molecule is CC(C)(C)c1ccc(-c2cccc(C(O)C(=O)Nc3ccc(-c4noc(=O)[nH]4)cc3)c2)cc1. The van der Waals surface area contributed by atoms with Gasteiger partial charge >= 0.3 is 5.76 Å². The van der Waals surface area contributed by atoms with Crippen molar-refractivity contribution in [1.82, 2.24) is 10.1 Å². The van der Waals surface area contributed by atoms with Crippen LogP contribution in [0.3, 0.4) is 0 Å². The molecular weight excluding hydrogens is 418 g/mol. The number of carbonyl (C=O) groups excluding carboxylic acids is 1. The Morgan fingerprint density at radius 1 is 0.970 bits per heavy atom. The van der Waals surface area contributed by atoms with Gasteiger partial charge in [0.25, 0.3) is 5.91 Å². The molecule has 33 heavy (non-hydrogen) atoms. The average Bonchev–Trinajstić information content (AvgIpc) is 3.25. The minimum Gasteiger partial charge on any atom is -0.378 e. The van der Waals surface area contributed by atoms with Crippen molar-refractivity contribution in [3.05, 3.63) is 94.5 Å². The smallest absolute Gasteiger partial charge is 0.378 e. The predicted molar refractivity (Wildman–Crippen MR) is 127 cm³/mol. The third-order valence-electron chi connectivity index (χ3n) is 5.40. The zero-order valence-electron chi connectivity index (χ0n) is 18.6. The van der Waals surface area contributed by atoms with E-state index in [1.165, 1.54) is 5.56 Å². The molecule has 1 heterocycles. The molecule has 0 saturated heterocycles. The molecule has 1 atom stereocenters. The number of nitrogens with zero attached hydrogens (tertiary/aromatic N) is 1. The van der Waals surface area contributed by atoms with Crippen LogP contribution >= 0.6 is 0 Å². The van der Waals surface area contributed by atoms with E-state index in [9.17, 15) is 14.7 Å². The van der Waals surface area contributed by atoms with Gasteiger partial charge < -0.3 is 10.4 Å². The van der Waals surface area contributed by atoms with Gasteiger partial charge in [-0.3, -0.25) is 14.3 Å². The molecule has 4 rings (SSSR count). The van der Waals surface area contributed by atoms with Gasteiger partial charge in [0.1, 0.15) is 0 Å². The van der Waals surface area contributed by atoms with Crippen molar-refractivity contribution in [3.63, 3.8) is 0 Å². The fraction of sp³-hybridized carbons (Fsp3) is 0.192. The Kier molecular flexibility index (Phi) is 5.98. The summed E-state index contributed by atoms with van der Waals surface area (Å²) >= 11 is 0. The van der Waals surface area contributed by atoms with Crippen LogP contribution in [0.15, 0.2) is 82.1 Å². The molecule has 0 radical (unpaired) electrons. The number of H-pyrrole nitrogens is 1. The van der Waals surface area contributed by atoms with Crippen LogP contribution in [0, 0.1) is 0 Å². The molecule has 4 aromatic rings. The summed E-state index contributed by atoms with van der Waals surface area (Å²) in [7, 11) is 0. The molecule has 0 aliphatic heterocycles. The second-order valence-corrected chi connectivity index (χ2v) is 8.87. The lowest BCUT2D eigenvalue weighted by Crippen LogP contribution is -2.20. The van der Waals surface area contributed by atoms with Gasteiger partial charge in [0.2, 0.25) is 0 Å². The summed E-state index contributed by atoms with van der Waals surface area (Å²) in [6.45, 7) is 6.50. The molecule has 0 aliphatic carbocycles.